The second-order valence-electron chi connectivity index (χ2n) is 24.2. The van der Waals surface area contributed by atoms with E-state index in [1.54, 1.807) is 21.3 Å². The summed E-state index contributed by atoms with van der Waals surface area (Å²) in [6.45, 7) is -0.127. The molecule has 35 heteroatoms. The van der Waals surface area contributed by atoms with Crippen LogP contribution < -0.4 is 0 Å². The van der Waals surface area contributed by atoms with E-state index in [-0.39, 0.29) is 46.2 Å². The quantitative estimate of drug-likeness (QED) is 0.0725. The average molecular weight is 1530 g/mol. The maximum atomic E-state index is 7.06. The van der Waals surface area contributed by atoms with Gasteiger partial charge < -0.3 is 161 Å². The third-order valence-electron chi connectivity index (χ3n) is 19.0. The Hall–Kier alpha value is -0.630. The van der Waals surface area contributed by atoms with Gasteiger partial charge in [0.2, 0.25) is 0 Å². The van der Waals surface area contributed by atoms with Gasteiger partial charge in [-0.15, -0.1) is 0 Å². The molecular formula is C62H109IO34. The monoisotopic (exact) mass is 1520 g/mol. The summed E-state index contributed by atoms with van der Waals surface area (Å²) in [6.07, 6.45) is -33.7. The lowest BCUT2D eigenvalue weighted by Crippen LogP contribution is -2.69. The van der Waals surface area contributed by atoms with Gasteiger partial charge >= 0.3 is 0 Å². The van der Waals surface area contributed by atoms with Gasteiger partial charge in [0.15, 0.2) is 44.0 Å². The van der Waals surface area contributed by atoms with Gasteiger partial charge in [0.25, 0.3) is 0 Å². The summed E-state index contributed by atoms with van der Waals surface area (Å²) >= 11 is 2.23. The highest BCUT2D eigenvalue weighted by molar-refractivity contribution is 14.1. The van der Waals surface area contributed by atoms with Crippen LogP contribution in [0.4, 0.5) is 0 Å². The van der Waals surface area contributed by atoms with Crippen molar-refractivity contribution in [2.75, 3.05) is 188 Å². The lowest BCUT2D eigenvalue weighted by molar-refractivity contribution is -0.402. The Morgan fingerprint density at radius 2 is 0.309 bits per heavy atom. The highest BCUT2D eigenvalue weighted by atomic mass is 127. The number of hydrogen-bond acceptors (Lipinski definition) is 34. The van der Waals surface area contributed by atoms with Crippen LogP contribution in [-0.2, 0) is 161 Å². The third kappa shape index (κ3) is 18.1. The first-order chi connectivity index (χ1) is 47.1. The zero-order valence-electron chi connectivity index (χ0n) is 59.4. The molecule has 35 atom stereocenters. The van der Waals surface area contributed by atoms with Crippen LogP contribution in [-0.4, -0.2) is 401 Å². The van der Waals surface area contributed by atoms with Gasteiger partial charge in [-0.3, -0.25) is 0 Å². The normalized spacial score (nSPS) is 46.4. The standard InChI is InChI=1S/C62H109IO34/c1-64-21-28-36-43(71-8)35(63)56(84-28)91-37-29(22-65-2)85-58(50(78-15)44(37)72-9)93-39-31(24-67-4)87-60(52(80-17)46(39)74-11)95-41-33(26-69-6)89-62(54(82-19)48(41)76-13)97-42-34(27-70-7)90-61(55(83-20)49(42)77-14)96-40-32(25-68-5)88-59(53(81-18)47(40)75-12)94-38-30(23-66-3)86-57(92-36)51(79-16)45(38)73-10/h28-62H,21-27H2,1-20H3/t28-,29-,30+,31-,32+,33-,34+,35-,36+,37+,38+,39+,40+,41+,42+,43+,44-,45-,46-,47-,48-,49+,50-,51+,52+,53-,54+,55-,56+,57+,58+,59+,60+,61+,62+/m0/s1. The summed E-state index contributed by atoms with van der Waals surface area (Å²) in [5.41, 5.74) is 0. The molecule has 0 saturated carbocycles. The Morgan fingerprint density at radius 1 is 0.175 bits per heavy atom. The van der Waals surface area contributed by atoms with E-state index in [9.17, 15) is 0 Å². The molecule has 97 heavy (non-hydrogen) atoms. The summed E-state index contributed by atoms with van der Waals surface area (Å²) in [4.78, 5) is 0. The third-order valence-corrected chi connectivity index (χ3v) is 20.3. The molecule has 21 aliphatic rings. The molecule has 21 saturated heterocycles. The fourth-order valence-electron chi connectivity index (χ4n) is 14.6. The van der Waals surface area contributed by atoms with E-state index < -0.39 is 213 Å². The van der Waals surface area contributed by atoms with E-state index in [2.05, 4.69) is 22.6 Å². The second kappa shape index (κ2) is 40.2. The van der Waals surface area contributed by atoms with Crippen molar-refractivity contribution in [3.63, 3.8) is 0 Å². The van der Waals surface area contributed by atoms with Crippen LogP contribution in [0.1, 0.15) is 0 Å². The molecular weight excluding hydrogens is 1420 g/mol. The minimum atomic E-state index is -1.21. The summed E-state index contributed by atoms with van der Waals surface area (Å²) in [5.74, 6) is 0. The molecule has 0 aromatic carbocycles. The second-order valence-corrected chi connectivity index (χ2v) is 25.7. The highest BCUT2D eigenvalue weighted by Gasteiger charge is 2.62. The number of ether oxygens (including phenoxy) is 34. The van der Waals surface area contributed by atoms with Gasteiger partial charge in [-0.1, -0.05) is 22.6 Å². The smallest absolute Gasteiger partial charge is 0.187 e. The van der Waals surface area contributed by atoms with Crippen LogP contribution >= 0.6 is 22.6 Å². The largest absolute Gasteiger partial charge is 0.382 e. The topological polar surface area (TPSA) is 314 Å². The van der Waals surface area contributed by atoms with Crippen molar-refractivity contribution in [3.05, 3.63) is 0 Å². The summed E-state index contributed by atoms with van der Waals surface area (Å²) in [7, 11) is 30.5. The molecule has 0 aliphatic carbocycles. The van der Waals surface area contributed by atoms with Gasteiger partial charge in [-0.05, 0) is 0 Å². The molecule has 0 unspecified atom stereocenters. The van der Waals surface area contributed by atoms with Crippen molar-refractivity contribution in [1.29, 1.82) is 0 Å². The Balaban J connectivity index is 1.23. The molecule has 14 bridgehead atoms. The van der Waals surface area contributed by atoms with E-state index in [0.29, 0.717) is 0 Å². The van der Waals surface area contributed by atoms with Crippen molar-refractivity contribution in [2.45, 2.75) is 213 Å². The lowest BCUT2D eigenvalue weighted by Gasteiger charge is -2.52. The Bertz CT molecular complexity index is 2190. The van der Waals surface area contributed by atoms with E-state index in [0.717, 1.165) is 0 Å². The molecule has 0 aromatic rings. The Morgan fingerprint density at radius 3 is 0.454 bits per heavy atom. The number of halogens is 1. The molecule has 21 rings (SSSR count). The zero-order chi connectivity index (χ0) is 70.2. The molecule has 0 amide bonds. The van der Waals surface area contributed by atoms with Crippen molar-refractivity contribution >= 4 is 22.6 Å². The molecule has 0 aromatic heterocycles. The van der Waals surface area contributed by atoms with Gasteiger partial charge in [-0.25, -0.2) is 0 Å². The molecule has 568 valence electrons. The first-order valence-electron chi connectivity index (χ1n) is 32.3. The Labute approximate surface area is 582 Å². The summed E-state index contributed by atoms with van der Waals surface area (Å²) in [6, 6.07) is 0. The van der Waals surface area contributed by atoms with Crippen LogP contribution in [0, 0.1) is 0 Å². The maximum absolute atomic E-state index is 7.06. The Kier molecular flexibility index (Phi) is 34.0. The van der Waals surface area contributed by atoms with Crippen LogP contribution in [0.25, 0.3) is 0 Å². The summed E-state index contributed by atoms with van der Waals surface area (Å²) in [5, 5.41) is 0. The fourth-order valence-corrected chi connectivity index (χ4v) is 15.6. The van der Waals surface area contributed by atoms with Gasteiger partial charge in [0.05, 0.1) is 50.2 Å². The molecule has 0 radical (unpaired) electrons. The van der Waals surface area contributed by atoms with Crippen LogP contribution in [0.2, 0.25) is 0 Å². The van der Waals surface area contributed by atoms with E-state index in [1.807, 2.05) is 0 Å². The highest BCUT2D eigenvalue weighted by Crippen LogP contribution is 2.43. The fraction of sp³-hybridized carbons (Fsp3) is 1.00. The molecule has 0 spiro atoms. The van der Waals surface area contributed by atoms with E-state index in [4.69, 9.17) is 161 Å². The number of methoxy groups -OCH3 is 20. The number of alkyl halides is 1. The van der Waals surface area contributed by atoms with E-state index >= 15 is 0 Å². The van der Waals surface area contributed by atoms with Crippen molar-refractivity contribution in [2.24, 2.45) is 0 Å². The zero-order valence-corrected chi connectivity index (χ0v) is 61.6. The minimum absolute atomic E-state index is 0.00213. The van der Waals surface area contributed by atoms with Crippen molar-refractivity contribution in [3.8, 4) is 0 Å². The van der Waals surface area contributed by atoms with Crippen LogP contribution in [0.5, 0.6) is 0 Å². The first-order valence-corrected chi connectivity index (χ1v) is 33.5. The predicted molar refractivity (Wildman–Crippen MR) is 336 cm³/mol. The molecule has 34 nitrogen and oxygen atoms in total. The van der Waals surface area contributed by atoms with Crippen LogP contribution in [0.15, 0.2) is 0 Å². The SMILES string of the molecule is COC[C@@H]1O[C@@H]2O[C@H]3[C@H](OC)[C@@H](OC)[C@@H](O[C@H]4[C@H](OC)[C@@H](OC)[C@@H](O[C@H]5[C@@H](OC)[C@H](OC)[C@@H](O[C@H]6[C@H](OC)[C@H](OC)[C@@H](O[C@H]7[C@H](OC)[C@@H](OC)[C@@H](O[C@H]8[C@H](OC)[C@H](I)[C@@H](O[C@H]1[C@H](OC)[C@@H]2OC)O[C@H]8COC)O[C@@H]7COC)O[C@@H]6COC)O[C@@H]5COC)O[C@H]4COC)O[C@H]3COC. The van der Waals surface area contributed by atoms with Gasteiger partial charge in [0.1, 0.15) is 165 Å². The lowest BCUT2D eigenvalue weighted by atomic mass is 9.94. The molecule has 21 heterocycles. The predicted octanol–water partition coefficient (Wildman–Crippen LogP) is -0.706. The first kappa shape index (κ1) is 82.0. The number of rotatable bonds is 27. The van der Waals surface area contributed by atoms with Crippen LogP contribution in [0.3, 0.4) is 0 Å². The van der Waals surface area contributed by atoms with E-state index in [1.165, 1.54) is 121 Å². The maximum Gasteiger partial charge on any atom is 0.187 e. The number of hydrogen-bond donors (Lipinski definition) is 0. The van der Waals surface area contributed by atoms with Crippen molar-refractivity contribution < 1.29 is 161 Å². The minimum Gasteiger partial charge on any atom is -0.382 e. The van der Waals surface area contributed by atoms with Gasteiger partial charge in [0, 0.05) is 142 Å². The summed E-state index contributed by atoms with van der Waals surface area (Å²) < 4.78 is 219. The molecule has 0 N–H and O–H groups in total. The molecule has 21 aliphatic heterocycles. The average Bonchev–Trinajstić information content (AvgIpc) is 0.776. The molecule has 21 fully saturated rings. The van der Waals surface area contributed by atoms with Crippen molar-refractivity contribution in [1.82, 2.24) is 0 Å². The van der Waals surface area contributed by atoms with Gasteiger partial charge in [-0.2, -0.15) is 0 Å².